The molecule has 5 rings (SSSR count). The molecule has 0 bridgehead atoms. The van der Waals surface area contributed by atoms with Gasteiger partial charge in [-0.25, -0.2) is 0 Å². The van der Waals surface area contributed by atoms with Crippen LogP contribution in [0.4, 0.5) is 11.4 Å². The SMILES string of the molecule is Cc1ccc(C2CC(=O)Nc3cc(C(=O)NC4CCCCC4N)ccc3N2C(=O)COc2ccc(Cl)cc2)cc1. The smallest absolute Gasteiger partial charge is 0.265 e. The zero-order valence-corrected chi connectivity index (χ0v) is 23.1. The fourth-order valence-electron chi connectivity index (χ4n) is 5.32. The van der Waals surface area contributed by atoms with Gasteiger partial charge in [-0.15, -0.1) is 0 Å². The van der Waals surface area contributed by atoms with E-state index in [4.69, 9.17) is 22.1 Å². The van der Waals surface area contributed by atoms with Crippen molar-refractivity contribution < 1.29 is 19.1 Å². The lowest BCUT2D eigenvalue weighted by atomic mass is 9.91. The lowest BCUT2D eigenvalue weighted by Gasteiger charge is -2.31. The summed E-state index contributed by atoms with van der Waals surface area (Å²) in [7, 11) is 0. The monoisotopic (exact) mass is 560 g/mol. The highest BCUT2D eigenvalue weighted by atomic mass is 35.5. The lowest BCUT2D eigenvalue weighted by molar-refractivity contribution is -0.121. The van der Waals surface area contributed by atoms with E-state index in [9.17, 15) is 14.4 Å². The number of nitrogens with two attached hydrogens (primary N) is 1. The zero-order chi connectivity index (χ0) is 28.2. The number of nitrogens with one attached hydrogen (secondary N) is 2. The molecule has 0 aromatic heterocycles. The minimum absolute atomic E-state index is 0.0445. The van der Waals surface area contributed by atoms with Crippen molar-refractivity contribution in [3.63, 3.8) is 0 Å². The molecule has 3 amide bonds. The molecule has 2 aliphatic rings. The molecule has 4 N–H and O–H groups in total. The van der Waals surface area contributed by atoms with Crippen LogP contribution in [0.2, 0.25) is 5.02 Å². The van der Waals surface area contributed by atoms with Crippen LogP contribution < -0.4 is 26.0 Å². The summed E-state index contributed by atoms with van der Waals surface area (Å²) < 4.78 is 5.79. The van der Waals surface area contributed by atoms with Crippen LogP contribution in [0.5, 0.6) is 5.75 Å². The number of rotatable bonds is 6. The zero-order valence-electron chi connectivity index (χ0n) is 22.4. The molecule has 1 heterocycles. The number of ether oxygens (including phenoxy) is 1. The molecule has 1 fully saturated rings. The summed E-state index contributed by atoms with van der Waals surface area (Å²) in [6.45, 7) is 1.73. The molecule has 3 aromatic carbocycles. The van der Waals surface area contributed by atoms with Gasteiger partial charge < -0.3 is 21.1 Å². The predicted molar refractivity (Wildman–Crippen MR) is 156 cm³/mol. The minimum atomic E-state index is -0.567. The van der Waals surface area contributed by atoms with Crippen molar-refractivity contribution in [2.24, 2.45) is 5.73 Å². The summed E-state index contributed by atoms with van der Waals surface area (Å²) >= 11 is 5.97. The summed E-state index contributed by atoms with van der Waals surface area (Å²) in [6.07, 6.45) is 3.84. The van der Waals surface area contributed by atoms with Gasteiger partial charge in [0, 0.05) is 22.7 Å². The maximum absolute atomic E-state index is 13.8. The Morgan fingerprint density at radius 2 is 1.77 bits per heavy atom. The third kappa shape index (κ3) is 6.29. The van der Waals surface area contributed by atoms with Crippen molar-refractivity contribution in [1.29, 1.82) is 0 Å². The van der Waals surface area contributed by atoms with E-state index in [0.29, 0.717) is 27.7 Å². The van der Waals surface area contributed by atoms with E-state index in [0.717, 1.165) is 36.8 Å². The van der Waals surface area contributed by atoms with Crippen molar-refractivity contribution in [2.45, 2.75) is 57.2 Å². The van der Waals surface area contributed by atoms with Crippen molar-refractivity contribution in [3.05, 3.63) is 88.4 Å². The highest BCUT2D eigenvalue weighted by Gasteiger charge is 2.34. The standard InChI is InChI=1S/C31H33ClN4O4/c1-19-6-8-20(9-7-19)28-17-29(37)34-26-16-21(31(39)35-25-5-3-2-4-24(25)33)10-15-27(26)36(28)30(38)18-40-23-13-11-22(32)12-14-23/h6-16,24-25,28H,2-5,17-18,33H2,1H3,(H,34,37)(H,35,39). The molecular weight excluding hydrogens is 528 g/mol. The maximum atomic E-state index is 13.8. The van der Waals surface area contributed by atoms with Gasteiger partial charge in [-0.1, -0.05) is 54.3 Å². The van der Waals surface area contributed by atoms with Crippen LogP contribution in [0.25, 0.3) is 0 Å². The minimum Gasteiger partial charge on any atom is -0.484 e. The van der Waals surface area contributed by atoms with Gasteiger partial charge in [-0.3, -0.25) is 19.3 Å². The molecule has 3 atom stereocenters. The quantitative estimate of drug-likeness (QED) is 0.386. The Hall–Kier alpha value is -3.88. The van der Waals surface area contributed by atoms with Gasteiger partial charge in [0.1, 0.15) is 5.75 Å². The van der Waals surface area contributed by atoms with Gasteiger partial charge in [0.05, 0.1) is 23.8 Å². The Kier molecular flexibility index (Phi) is 8.38. The first-order chi connectivity index (χ1) is 19.3. The van der Waals surface area contributed by atoms with Crippen LogP contribution in [-0.4, -0.2) is 36.4 Å². The summed E-state index contributed by atoms with van der Waals surface area (Å²) in [4.78, 5) is 41.6. The largest absolute Gasteiger partial charge is 0.484 e. The van der Waals surface area contributed by atoms with Gasteiger partial charge in [0.15, 0.2) is 6.61 Å². The van der Waals surface area contributed by atoms with Crippen LogP contribution in [0, 0.1) is 6.92 Å². The van der Waals surface area contributed by atoms with E-state index in [1.807, 2.05) is 31.2 Å². The van der Waals surface area contributed by atoms with Gasteiger partial charge in [0.2, 0.25) is 5.91 Å². The van der Waals surface area contributed by atoms with Gasteiger partial charge in [-0.2, -0.15) is 0 Å². The second kappa shape index (κ2) is 12.1. The normalized spacial score (nSPS) is 20.6. The molecule has 208 valence electrons. The van der Waals surface area contributed by atoms with E-state index >= 15 is 0 Å². The van der Waals surface area contributed by atoms with Crippen LogP contribution in [0.3, 0.4) is 0 Å². The number of carbonyl (C=O) groups excluding carboxylic acids is 3. The topological polar surface area (TPSA) is 114 Å². The van der Waals surface area contributed by atoms with Crippen LogP contribution >= 0.6 is 11.6 Å². The fourth-order valence-corrected chi connectivity index (χ4v) is 5.45. The van der Waals surface area contributed by atoms with Crippen molar-refractivity contribution in [2.75, 3.05) is 16.8 Å². The average Bonchev–Trinajstić information content (AvgIpc) is 3.09. The molecule has 1 saturated carbocycles. The van der Waals surface area contributed by atoms with Crippen molar-refractivity contribution in [3.8, 4) is 5.75 Å². The number of amides is 3. The third-order valence-electron chi connectivity index (χ3n) is 7.53. The molecule has 0 spiro atoms. The summed E-state index contributed by atoms with van der Waals surface area (Å²) in [5, 5.41) is 6.53. The number of anilines is 2. The Morgan fingerprint density at radius 1 is 1.05 bits per heavy atom. The third-order valence-corrected chi connectivity index (χ3v) is 7.78. The highest BCUT2D eigenvalue weighted by molar-refractivity contribution is 6.30. The van der Waals surface area contributed by atoms with Gasteiger partial charge in [-0.05, 0) is 67.8 Å². The molecule has 8 nitrogen and oxygen atoms in total. The Bertz CT molecular complexity index is 1390. The Balaban J connectivity index is 1.46. The highest BCUT2D eigenvalue weighted by Crippen LogP contribution is 2.39. The number of hydrogen-bond donors (Lipinski definition) is 3. The number of nitrogens with zero attached hydrogens (tertiary/aromatic N) is 1. The number of aryl methyl sites for hydroxylation is 1. The molecule has 0 radical (unpaired) electrons. The molecule has 1 aliphatic carbocycles. The first-order valence-corrected chi connectivity index (χ1v) is 13.9. The number of hydrogen-bond acceptors (Lipinski definition) is 5. The van der Waals surface area contributed by atoms with Gasteiger partial charge in [0.25, 0.3) is 11.8 Å². The molecule has 3 aromatic rings. The van der Waals surface area contributed by atoms with Crippen LogP contribution in [0.1, 0.15) is 59.6 Å². The Labute approximate surface area is 238 Å². The van der Waals surface area contributed by atoms with E-state index in [-0.39, 0.29) is 42.8 Å². The molecular formula is C31H33ClN4O4. The number of fused-ring (bicyclic) bond motifs is 1. The van der Waals surface area contributed by atoms with Crippen molar-refractivity contribution in [1.82, 2.24) is 5.32 Å². The molecule has 9 heteroatoms. The predicted octanol–water partition coefficient (Wildman–Crippen LogP) is 5.14. The number of halogens is 1. The molecule has 0 saturated heterocycles. The Morgan fingerprint density at radius 3 is 2.50 bits per heavy atom. The van der Waals surface area contributed by atoms with Crippen molar-refractivity contribution >= 4 is 40.7 Å². The molecule has 1 aliphatic heterocycles. The van der Waals surface area contributed by atoms with E-state index in [2.05, 4.69) is 10.6 Å². The summed E-state index contributed by atoms with van der Waals surface area (Å²) in [5.74, 6) is -0.347. The second-order valence-electron chi connectivity index (χ2n) is 10.4. The van der Waals surface area contributed by atoms with E-state index in [1.165, 1.54) is 0 Å². The second-order valence-corrected chi connectivity index (χ2v) is 10.9. The number of benzene rings is 3. The lowest BCUT2D eigenvalue weighted by Crippen LogP contribution is -2.49. The first kappa shape index (κ1) is 27.7. The average molecular weight is 561 g/mol. The van der Waals surface area contributed by atoms with Crippen LogP contribution in [-0.2, 0) is 9.59 Å². The first-order valence-electron chi connectivity index (χ1n) is 13.6. The molecule has 40 heavy (non-hydrogen) atoms. The molecule has 3 unspecified atom stereocenters. The maximum Gasteiger partial charge on any atom is 0.265 e. The fraction of sp³-hybridized carbons (Fsp3) is 0.323. The van der Waals surface area contributed by atoms with E-state index < -0.39 is 6.04 Å². The summed E-state index contributed by atoms with van der Waals surface area (Å²) in [6, 6.07) is 18.8. The van der Waals surface area contributed by atoms with E-state index in [1.54, 1.807) is 47.4 Å². The van der Waals surface area contributed by atoms with Gasteiger partial charge >= 0.3 is 0 Å². The summed E-state index contributed by atoms with van der Waals surface area (Å²) in [5.41, 5.74) is 9.39. The number of carbonyl (C=O) groups is 3. The van der Waals surface area contributed by atoms with Crippen LogP contribution in [0.15, 0.2) is 66.7 Å².